The molecule has 0 aliphatic carbocycles. The van der Waals surface area contributed by atoms with Gasteiger partial charge in [-0.15, -0.1) is 0 Å². The third kappa shape index (κ3) is 11.4. The number of aliphatic hydroxyl groups is 1. The molecule has 1 aliphatic heterocycles. The van der Waals surface area contributed by atoms with E-state index in [-0.39, 0.29) is 36.7 Å². The molecule has 0 fully saturated rings. The largest absolute Gasteiger partial charge is 0.485 e. The van der Waals surface area contributed by atoms with Gasteiger partial charge in [0, 0.05) is 7.05 Å². The number of carbonyl (C=O) groups excluding carboxylic acids is 5. The van der Waals surface area contributed by atoms with E-state index < -0.39 is 77.7 Å². The Kier molecular flexibility index (Phi) is 14.5. The van der Waals surface area contributed by atoms with Crippen molar-refractivity contribution >= 4 is 29.8 Å². The lowest BCUT2D eigenvalue weighted by Gasteiger charge is -2.38. The van der Waals surface area contributed by atoms with Crippen LogP contribution in [0.5, 0.6) is 11.5 Å². The van der Waals surface area contributed by atoms with Gasteiger partial charge >= 0.3 is 12.1 Å². The molecule has 0 saturated carbocycles. The van der Waals surface area contributed by atoms with Gasteiger partial charge in [0.25, 0.3) is 0 Å². The first-order valence-electron chi connectivity index (χ1n) is 18.6. The molecule has 302 valence electrons. The highest BCUT2D eigenvalue weighted by Crippen LogP contribution is 2.37. The number of benzene rings is 3. The van der Waals surface area contributed by atoms with Crippen molar-refractivity contribution < 1.29 is 48.0 Å². The summed E-state index contributed by atoms with van der Waals surface area (Å²) >= 11 is 0. The van der Waals surface area contributed by atoms with Gasteiger partial charge in [0.05, 0.1) is 0 Å². The van der Waals surface area contributed by atoms with Gasteiger partial charge in [0.2, 0.25) is 17.7 Å². The highest BCUT2D eigenvalue weighted by molar-refractivity contribution is 5.95. The number of ether oxygens (including phenoxy) is 4. The van der Waals surface area contributed by atoms with E-state index in [4.69, 9.17) is 18.9 Å². The van der Waals surface area contributed by atoms with Gasteiger partial charge in [-0.05, 0) is 68.9 Å². The van der Waals surface area contributed by atoms with Crippen molar-refractivity contribution in [2.24, 2.45) is 5.92 Å². The summed E-state index contributed by atoms with van der Waals surface area (Å²) in [6, 6.07) is 18.6. The van der Waals surface area contributed by atoms with Crippen LogP contribution in [0.3, 0.4) is 0 Å². The fourth-order valence-corrected chi connectivity index (χ4v) is 6.02. The molecule has 4 rings (SSSR count). The Morgan fingerprint density at radius 1 is 0.929 bits per heavy atom. The van der Waals surface area contributed by atoms with Gasteiger partial charge < -0.3 is 40.0 Å². The van der Waals surface area contributed by atoms with Crippen LogP contribution >= 0.6 is 0 Å². The van der Waals surface area contributed by atoms with Crippen LogP contribution in [0.25, 0.3) is 0 Å². The van der Waals surface area contributed by atoms with Crippen LogP contribution in [0.4, 0.5) is 4.79 Å². The number of rotatable bonds is 11. The van der Waals surface area contributed by atoms with Gasteiger partial charge in [-0.3, -0.25) is 24.1 Å². The maximum atomic E-state index is 14.2. The Morgan fingerprint density at radius 3 is 2.11 bits per heavy atom. The van der Waals surface area contributed by atoms with Crippen molar-refractivity contribution in [2.45, 2.75) is 104 Å². The van der Waals surface area contributed by atoms with Crippen molar-refractivity contribution in [3.05, 3.63) is 95.6 Å². The van der Waals surface area contributed by atoms with Crippen LogP contribution in [0.2, 0.25) is 0 Å². The van der Waals surface area contributed by atoms with E-state index in [1.807, 2.05) is 36.4 Å². The fourth-order valence-electron chi connectivity index (χ4n) is 6.02. The molecule has 0 spiro atoms. The van der Waals surface area contributed by atoms with Gasteiger partial charge in [-0.2, -0.15) is 0 Å². The number of hydrogen-bond donors (Lipinski definition) is 4. The Balaban J connectivity index is 1.79. The molecule has 3 aromatic carbocycles. The number of esters is 1. The first kappa shape index (κ1) is 43.1. The maximum absolute atomic E-state index is 14.2. The molecule has 0 radical (unpaired) electrons. The van der Waals surface area contributed by atoms with Crippen LogP contribution < -0.4 is 25.4 Å². The van der Waals surface area contributed by atoms with Crippen molar-refractivity contribution in [1.29, 1.82) is 0 Å². The van der Waals surface area contributed by atoms with Crippen LogP contribution in [0.15, 0.2) is 78.9 Å². The number of aliphatic hydroxyl groups excluding tert-OH is 1. The molecule has 0 unspecified atom stereocenters. The van der Waals surface area contributed by atoms with Crippen molar-refractivity contribution in [1.82, 2.24) is 20.9 Å². The molecule has 2 bridgehead atoms. The fraction of sp³-hybridized carbons (Fsp3) is 0.452. The van der Waals surface area contributed by atoms with E-state index in [9.17, 15) is 29.1 Å². The minimum Gasteiger partial charge on any atom is -0.485 e. The van der Waals surface area contributed by atoms with Crippen molar-refractivity contribution in [3.63, 3.8) is 0 Å². The second-order valence-corrected chi connectivity index (χ2v) is 15.3. The normalized spacial score (nSPS) is 21.5. The molecule has 0 aromatic heterocycles. The molecule has 1 heterocycles. The average molecular weight is 775 g/mol. The van der Waals surface area contributed by atoms with E-state index >= 15 is 0 Å². The quantitative estimate of drug-likeness (QED) is 0.201. The summed E-state index contributed by atoms with van der Waals surface area (Å²) < 4.78 is 23.7. The van der Waals surface area contributed by atoms with Gasteiger partial charge in [-0.25, -0.2) is 4.79 Å². The van der Waals surface area contributed by atoms with Gasteiger partial charge in [-0.1, -0.05) is 87.5 Å². The number of amides is 4. The molecule has 4 amide bonds. The number of nitrogens with one attached hydrogen (secondary N) is 3. The van der Waals surface area contributed by atoms with E-state index in [2.05, 4.69) is 16.0 Å². The molecule has 14 nitrogen and oxygen atoms in total. The molecule has 0 saturated heterocycles. The van der Waals surface area contributed by atoms with E-state index in [1.165, 1.54) is 13.1 Å². The summed E-state index contributed by atoms with van der Waals surface area (Å²) in [5.41, 5.74) is -0.576. The van der Waals surface area contributed by atoms with Crippen LogP contribution in [0.1, 0.15) is 77.7 Å². The van der Waals surface area contributed by atoms with E-state index in [0.29, 0.717) is 5.56 Å². The lowest BCUT2D eigenvalue weighted by atomic mass is 9.91. The second-order valence-electron chi connectivity index (χ2n) is 15.3. The van der Waals surface area contributed by atoms with Crippen molar-refractivity contribution in [2.75, 3.05) is 13.6 Å². The van der Waals surface area contributed by atoms with Crippen LogP contribution in [-0.2, 0) is 41.9 Å². The summed E-state index contributed by atoms with van der Waals surface area (Å²) in [6.07, 6.45) is -2.41. The lowest BCUT2D eigenvalue weighted by molar-refractivity contribution is -0.155. The summed E-state index contributed by atoms with van der Waals surface area (Å²) in [5.74, 6) is -3.27. The topological polar surface area (TPSA) is 182 Å². The summed E-state index contributed by atoms with van der Waals surface area (Å²) in [5, 5.41) is 20.0. The zero-order valence-corrected chi connectivity index (χ0v) is 33.3. The predicted molar refractivity (Wildman–Crippen MR) is 207 cm³/mol. The smallest absolute Gasteiger partial charge is 0.410 e. The predicted octanol–water partition coefficient (Wildman–Crippen LogP) is 4.58. The van der Waals surface area contributed by atoms with Gasteiger partial charge in [0.1, 0.15) is 55.2 Å². The summed E-state index contributed by atoms with van der Waals surface area (Å²) in [6.45, 7) is 11.4. The minimum absolute atomic E-state index is 0.0779. The zero-order chi connectivity index (χ0) is 41.2. The molecule has 1 aliphatic rings. The first-order chi connectivity index (χ1) is 26.4. The Hall–Kier alpha value is -5.63. The SMILES string of the molecule is CC[C@@]1(C)Oc2cc(ccc2OCc2ccccc2)[C@@H](O)[C@H](N(C)C(=O)OCc2ccccc2)C(=O)N[C@@H](C(C)C)C(=O)N[C@@H]1C(=O)NCC(=O)OC(C)(C)C. The summed E-state index contributed by atoms with van der Waals surface area (Å²) in [4.78, 5) is 69.5. The molecule has 56 heavy (non-hydrogen) atoms. The molecular formula is C42H54N4O10. The minimum atomic E-state index is -1.66. The monoisotopic (exact) mass is 774 g/mol. The average Bonchev–Trinajstić information content (AvgIpc) is 3.16. The molecule has 3 aromatic rings. The zero-order valence-electron chi connectivity index (χ0n) is 33.3. The van der Waals surface area contributed by atoms with Gasteiger partial charge in [0.15, 0.2) is 11.5 Å². The van der Waals surface area contributed by atoms with Crippen LogP contribution in [0, 0.1) is 5.92 Å². The molecule has 14 heteroatoms. The lowest BCUT2D eigenvalue weighted by Crippen LogP contribution is -2.65. The highest BCUT2D eigenvalue weighted by atomic mass is 16.6. The highest BCUT2D eigenvalue weighted by Gasteiger charge is 2.45. The number of carbonyl (C=O) groups is 5. The number of fused-ring (bicyclic) bond motifs is 2. The maximum Gasteiger partial charge on any atom is 0.410 e. The molecular weight excluding hydrogens is 720 g/mol. The Morgan fingerprint density at radius 2 is 1.54 bits per heavy atom. The number of hydrogen-bond acceptors (Lipinski definition) is 10. The Bertz CT molecular complexity index is 1830. The number of likely N-dealkylation sites (N-methyl/N-ethyl adjacent to an activating group) is 1. The first-order valence-corrected chi connectivity index (χ1v) is 18.6. The third-order valence-electron chi connectivity index (χ3n) is 9.30. The van der Waals surface area contributed by atoms with E-state index in [0.717, 1.165) is 10.5 Å². The molecule has 4 N–H and O–H groups in total. The third-order valence-corrected chi connectivity index (χ3v) is 9.30. The Labute approximate surface area is 328 Å². The summed E-state index contributed by atoms with van der Waals surface area (Å²) in [7, 11) is 1.32. The van der Waals surface area contributed by atoms with Crippen molar-refractivity contribution in [3.8, 4) is 11.5 Å². The second kappa shape index (κ2) is 18.8. The number of nitrogens with zero attached hydrogens (tertiary/aromatic N) is 1. The van der Waals surface area contributed by atoms with E-state index in [1.54, 1.807) is 84.9 Å². The standard InChI is InChI=1S/C42H54N4O10/c1-9-42(7)36(39(51)43-23-32(47)56-41(4,5)6)45-37(49)33(26(2)3)44-38(50)34(46(8)40(52)54-25-28-18-14-11-15-19-28)35(48)29-20-21-30(31(22-29)55-42)53-24-27-16-12-10-13-17-27/h10-22,26,33-36,48H,9,23-25H2,1-8H3,(H,43,51)(H,44,50)(H,45,49)/t33-,34-,35+,36+,42+/m0/s1. The molecule has 5 atom stereocenters. The van der Waals surface area contributed by atoms with Crippen LogP contribution in [-0.4, -0.2) is 82.7 Å².